The summed E-state index contributed by atoms with van der Waals surface area (Å²) in [5, 5.41) is 13.3. The molecule has 0 spiro atoms. The number of hydrogen-bond acceptors (Lipinski definition) is 5. The summed E-state index contributed by atoms with van der Waals surface area (Å²) >= 11 is 0. The van der Waals surface area contributed by atoms with Crippen molar-refractivity contribution in [2.24, 2.45) is 0 Å². The van der Waals surface area contributed by atoms with Gasteiger partial charge in [-0.1, -0.05) is 32.0 Å². The summed E-state index contributed by atoms with van der Waals surface area (Å²) in [6, 6.07) is 12.5. The van der Waals surface area contributed by atoms with Gasteiger partial charge >= 0.3 is 5.97 Å². The molecule has 0 aliphatic rings. The Kier molecular flexibility index (Phi) is 5.84. The number of ether oxygens (including phenoxy) is 1. The summed E-state index contributed by atoms with van der Waals surface area (Å²) in [7, 11) is 0. The fourth-order valence-corrected chi connectivity index (χ4v) is 2.11. The highest BCUT2D eigenvalue weighted by atomic mass is 16.6. The third-order valence-electron chi connectivity index (χ3n) is 3.49. The Morgan fingerprint density at radius 3 is 2.44 bits per heavy atom. The third kappa shape index (κ3) is 5.13. The summed E-state index contributed by atoms with van der Waals surface area (Å²) in [5.41, 5.74) is 1.54. The van der Waals surface area contributed by atoms with E-state index in [4.69, 9.17) is 4.74 Å². The average molecular weight is 342 g/mol. The fourth-order valence-electron chi connectivity index (χ4n) is 2.11. The molecule has 2 aromatic rings. The lowest BCUT2D eigenvalue weighted by Crippen LogP contribution is -2.21. The van der Waals surface area contributed by atoms with Gasteiger partial charge in [-0.3, -0.25) is 14.9 Å². The van der Waals surface area contributed by atoms with E-state index in [0.717, 1.165) is 11.6 Å². The summed E-state index contributed by atoms with van der Waals surface area (Å²) in [6.07, 6.45) is 0. The van der Waals surface area contributed by atoms with E-state index >= 15 is 0 Å². The molecule has 2 rings (SSSR count). The van der Waals surface area contributed by atoms with Crippen LogP contribution >= 0.6 is 0 Å². The number of amides is 1. The molecular weight excluding hydrogens is 324 g/mol. The first-order chi connectivity index (χ1) is 11.9. The number of benzene rings is 2. The Morgan fingerprint density at radius 2 is 1.84 bits per heavy atom. The average Bonchev–Trinajstić information content (AvgIpc) is 2.60. The van der Waals surface area contributed by atoms with Gasteiger partial charge in [0.15, 0.2) is 6.61 Å². The molecule has 0 heterocycles. The molecule has 25 heavy (non-hydrogen) atoms. The second-order valence-electron chi connectivity index (χ2n) is 5.71. The maximum atomic E-state index is 11.9. The topological polar surface area (TPSA) is 98.5 Å². The molecule has 7 heteroatoms. The summed E-state index contributed by atoms with van der Waals surface area (Å²) in [5.74, 6) is -0.897. The van der Waals surface area contributed by atoms with Gasteiger partial charge in [0, 0.05) is 17.8 Å². The molecule has 130 valence electrons. The molecule has 0 fully saturated rings. The lowest BCUT2D eigenvalue weighted by atomic mass is 10.0. The molecule has 0 atom stereocenters. The number of carbonyl (C=O) groups is 2. The fraction of sp³-hybridized carbons (Fsp3) is 0.222. The van der Waals surface area contributed by atoms with Crippen molar-refractivity contribution in [1.82, 2.24) is 0 Å². The molecule has 0 saturated carbocycles. The Morgan fingerprint density at radius 1 is 1.16 bits per heavy atom. The van der Waals surface area contributed by atoms with Crippen LogP contribution in [-0.2, 0) is 9.53 Å². The van der Waals surface area contributed by atoms with Crippen LogP contribution in [-0.4, -0.2) is 23.4 Å². The molecule has 0 bridgehead atoms. The number of nitrogens with one attached hydrogen (secondary N) is 1. The SMILES string of the molecule is CC(C)c1ccc(NC(=O)COC(=O)c2cccc([N+](=O)[O-])c2)cc1. The van der Waals surface area contributed by atoms with Crippen LogP contribution in [0.1, 0.15) is 35.7 Å². The van der Waals surface area contributed by atoms with Crippen LogP contribution in [0.25, 0.3) is 0 Å². The maximum absolute atomic E-state index is 11.9. The van der Waals surface area contributed by atoms with Crippen molar-refractivity contribution in [3.8, 4) is 0 Å². The number of anilines is 1. The van der Waals surface area contributed by atoms with E-state index in [1.54, 1.807) is 12.1 Å². The number of non-ortho nitro benzene ring substituents is 1. The molecule has 0 aromatic heterocycles. The van der Waals surface area contributed by atoms with E-state index in [0.29, 0.717) is 11.6 Å². The standard InChI is InChI=1S/C18H18N2O5/c1-12(2)13-6-8-15(9-7-13)19-17(21)11-25-18(22)14-4-3-5-16(10-14)20(23)24/h3-10,12H,11H2,1-2H3,(H,19,21). The Labute approximate surface area is 144 Å². The van der Waals surface area contributed by atoms with Crippen LogP contribution in [0.2, 0.25) is 0 Å². The van der Waals surface area contributed by atoms with E-state index < -0.39 is 23.4 Å². The quantitative estimate of drug-likeness (QED) is 0.492. The number of nitro benzene ring substituents is 1. The highest BCUT2D eigenvalue weighted by Crippen LogP contribution is 2.17. The van der Waals surface area contributed by atoms with Gasteiger partial charge in [-0.25, -0.2) is 4.79 Å². The van der Waals surface area contributed by atoms with Gasteiger partial charge in [-0.05, 0) is 29.7 Å². The van der Waals surface area contributed by atoms with Gasteiger partial charge < -0.3 is 10.1 Å². The minimum Gasteiger partial charge on any atom is -0.452 e. The number of nitrogens with zero attached hydrogens (tertiary/aromatic N) is 1. The van der Waals surface area contributed by atoms with E-state index in [9.17, 15) is 19.7 Å². The molecule has 0 aliphatic carbocycles. The Bertz CT molecular complexity index is 784. The lowest BCUT2D eigenvalue weighted by molar-refractivity contribution is -0.384. The second-order valence-corrected chi connectivity index (χ2v) is 5.71. The summed E-state index contributed by atoms with van der Waals surface area (Å²) in [6.45, 7) is 3.66. The summed E-state index contributed by atoms with van der Waals surface area (Å²) < 4.78 is 4.89. The van der Waals surface area contributed by atoms with Gasteiger partial charge in [0.05, 0.1) is 10.5 Å². The molecule has 2 aromatic carbocycles. The van der Waals surface area contributed by atoms with E-state index in [1.165, 1.54) is 18.2 Å². The molecule has 7 nitrogen and oxygen atoms in total. The van der Waals surface area contributed by atoms with Crippen molar-refractivity contribution < 1.29 is 19.2 Å². The number of nitro groups is 1. The highest BCUT2D eigenvalue weighted by molar-refractivity contribution is 5.95. The second kappa shape index (κ2) is 8.05. The molecule has 0 aliphatic heterocycles. The van der Waals surface area contributed by atoms with Crippen LogP contribution in [0.4, 0.5) is 11.4 Å². The highest BCUT2D eigenvalue weighted by Gasteiger charge is 2.14. The summed E-state index contributed by atoms with van der Waals surface area (Å²) in [4.78, 5) is 33.8. The number of rotatable bonds is 6. The minimum atomic E-state index is -0.797. The van der Waals surface area contributed by atoms with Crippen LogP contribution in [0.5, 0.6) is 0 Å². The molecule has 0 unspecified atom stereocenters. The van der Waals surface area contributed by atoms with Crippen molar-refractivity contribution in [2.45, 2.75) is 19.8 Å². The van der Waals surface area contributed by atoms with Crippen molar-refractivity contribution in [3.05, 3.63) is 69.8 Å². The smallest absolute Gasteiger partial charge is 0.338 e. The van der Waals surface area contributed by atoms with E-state index in [-0.39, 0.29) is 11.3 Å². The normalized spacial score (nSPS) is 10.4. The van der Waals surface area contributed by atoms with Crippen molar-refractivity contribution >= 4 is 23.3 Å². The molecule has 1 amide bonds. The first-order valence-corrected chi connectivity index (χ1v) is 7.68. The first kappa shape index (κ1) is 18.1. The Hall–Kier alpha value is -3.22. The van der Waals surface area contributed by atoms with Gasteiger partial charge in [-0.15, -0.1) is 0 Å². The van der Waals surface area contributed by atoms with Gasteiger partial charge in [0.1, 0.15) is 0 Å². The maximum Gasteiger partial charge on any atom is 0.338 e. The number of hydrogen-bond donors (Lipinski definition) is 1. The molecular formula is C18H18N2O5. The zero-order valence-electron chi connectivity index (χ0n) is 13.9. The number of carbonyl (C=O) groups excluding carboxylic acids is 2. The zero-order chi connectivity index (χ0) is 18.4. The largest absolute Gasteiger partial charge is 0.452 e. The van der Waals surface area contributed by atoms with Gasteiger partial charge in [-0.2, -0.15) is 0 Å². The van der Waals surface area contributed by atoms with Crippen LogP contribution in [0.3, 0.4) is 0 Å². The van der Waals surface area contributed by atoms with Crippen LogP contribution in [0, 0.1) is 10.1 Å². The predicted molar refractivity (Wildman–Crippen MR) is 92.5 cm³/mol. The minimum absolute atomic E-state index is 0.0169. The third-order valence-corrected chi connectivity index (χ3v) is 3.49. The zero-order valence-corrected chi connectivity index (χ0v) is 13.9. The van der Waals surface area contributed by atoms with Gasteiger partial charge in [0.2, 0.25) is 0 Å². The van der Waals surface area contributed by atoms with E-state index in [2.05, 4.69) is 19.2 Å². The molecule has 0 saturated heterocycles. The first-order valence-electron chi connectivity index (χ1n) is 7.68. The van der Waals surface area contributed by atoms with Crippen molar-refractivity contribution in [1.29, 1.82) is 0 Å². The van der Waals surface area contributed by atoms with Crippen molar-refractivity contribution in [3.63, 3.8) is 0 Å². The lowest BCUT2D eigenvalue weighted by Gasteiger charge is -2.09. The van der Waals surface area contributed by atoms with Gasteiger partial charge in [0.25, 0.3) is 11.6 Å². The monoisotopic (exact) mass is 342 g/mol. The van der Waals surface area contributed by atoms with E-state index in [1.807, 2.05) is 12.1 Å². The number of esters is 1. The predicted octanol–water partition coefficient (Wildman–Crippen LogP) is 3.51. The van der Waals surface area contributed by atoms with Crippen molar-refractivity contribution in [2.75, 3.05) is 11.9 Å². The van der Waals surface area contributed by atoms with Crippen LogP contribution < -0.4 is 5.32 Å². The van der Waals surface area contributed by atoms with Crippen LogP contribution in [0.15, 0.2) is 48.5 Å². The Balaban J connectivity index is 1.90. The molecule has 0 radical (unpaired) electrons. The molecule has 1 N–H and O–H groups in total.